The fraction of sp³-hybridized carbons (Fsp3) is 0.111. The van der Waals surface area contributed by atoms with Crippen molar-refractivity contribution < 1.29 is 9.47 Å². The predicted molar refractivity (Wildman–Crippen MR) is 94.8 cm³/mol. The Balaban J connectivity index is 2.08. The summed E-state index contributed by atoms with van der Waals surface area (Å²) in [6.07, 6.45) is 0. The minimum atomic E-state index is 0.0710. The number of azide groups is 1. The van der Waals surface area contributed by atoms with Gasteiger partial charge < -0.3 is 9.47 Å². The Bertz CT molecular complexity index is 851. The summed E-state index contributed by atoms with van der Waals surface area (Å²) >= 11 is 0. The lowest BCUT2D eigenvalue weighted by Gasteiger charge is -2.08. The van der Waals surface area contributed by atoms with Crippen LogP contribution in [0.15, 0.2) is 59.7 Å². The van der Waals surface area contributed by atoms with Gasteiger partial charge in [0.2, 0.25) is 5.95 Å². The fourth-order valence-corrected chi connectivity index (χ4v) is 2.34. The minimum absolute atomic E-state index is 0.0710. The first-order valence-electron chi connectivity index (χ1n) is 7.46. The Labute approximate surface area is 144 Å². The zero-order valence-corrected chi connectivity index (χ0v) is 13.7. The second-order valence-electron chi connectivity index (χ2n) is 5.08. The molecule has 0 saturated heterocycles. The molecule has 0 bridgehead atoms. The molecule has 0 amide bonds. The molecule has 0 radical (unpaired) electrons. The molecule has 3 rings (SSSR count). The van der Waals surface area contributed by atoms with Crippen molar-refractivity contribution in [2.45, 2.75) is 0 Å². The van der Waals surface area contributed by atoms with E-state index >= 15 is 0 Å². The van der Waals surface area contributed by atoms with E-state index in [0.717, 1.165) is 22.6 Å². The van der Waals surface area contributed by atoms with Gasteiger partial charge in [-0.2, -0.15) is 0 Å². The van der Waals surface area contributed by atoms with Crippen molar-refractivity contribution in [2.24, 2.45) is 5.11 Å². The molecule has 3 aromatic rings. The Kier molecular flexibility index (Phi) is 4.78. The average molecular weight is 333 g/mol. The summed E-state index contributed by atoms with van der Waals surface area (Å²) in [6.45, 7) is 0. The van der Waals surface area contributed by atoms with Crippen molar-refractivity contribution in [1.82, 2.24) is 9.97 Å². The molecule has 2 aromatic carbocycles. The molecule has 0 saturated carbocycles. The number of ether oxygens (including phenoxy) is 2. The number of hydrogen-bond acceptors (Lipinski definition) is 5. The number of hydrogen-bond donors (Lipinski definition) is 0. The molecule has 7 nitrogen and oxygen atoms in total. The number of aromatic nitrogens is 2. The number of nitrogens with zero attached hydrogens (tertiary/aromatic N) is 5. The maximum absolute atomic E-state index is 8.72. The molecule has 0 spiro atoms. The lowest BCUT2D eigenvalue weighted by Crippen LogP contribution is -1.92. The molecule has 0 aliphatic rings. The van der Waals surface area contributed by atoms with Gasteiger partial charge in [-0.05, 0) is 65.2 Å². The van der Waals surface area contributed by atoms with E-state index in [9.17, 15) is 0 Å². The quantitative estimate of drug-likeness (QED) is 0.382. The largest absolute Gasteiger partial charge is 0.497 e. The third-order valence-electron chi connectivity index (χ3n) is 3.62. The highest BCUT2D eigenvalue weighted by molar-refractivity contribution is 5.69. The highest BCUT2D eigenvalue weighted by atomic mass is 16.5. The van der Waals surface area contributed by atoms with E-state index in [2.05, 4.69) is 20.0 Å². The Morgan fingerprint density at radius 3 is 1.60 bits per heavy atom. The zero-order valence-electron chi connectivity index (χ0n) is 13.7. The van der Waals surface area contributed by atoms with Crippen LogP contribution in [-0.2, 0) is 0 Å². The summed E-state index contributed by atoms with van der Waals surface area (Å²) < 4.78 is 10.3. The van der Waals surface area contributed by atoms with Gasteiger partial charge in [0.1, 0.15) is 11.5 Å². The Morgan fingerprint density at radius 1 is 0.800 bits per heavy atom. The number of benzene rings is 2. The van der Waals surface area contributed by atoms with Crippen LogP contribution in [0, 0.1) is 0 Å². The van der Waals surface area contributed by atoms with E-state index in [-0.39, 0.29) is 5.95 Å². The van der Waals surface area contributed by atoms with E-state index in [1.807, 2.05) is 54.6 Å². The maximum Gasteiger partial charge on any atom is 0.217 e. The molecular weight excluding hydrogens is 318 g/mol. The van der Waals surface area contributed by atoms with Crippen LogP contribution in [0.2, 0.25) is 0 Å². The van der Waals surface area contributed by atoms with Crippen molar-refractivity contribution >= 4 is 5.95 Å². The first-order valence-corrected chi connectivity index (χ1v) is 7.46. The van der Waals surface area contributed by atoms with Crippen LogP contribution in [0.1, 0.15) is 0 Å². The monoisotopic (exact) mass is 333 g/mol. The average Bonchev–Trinajstić information content (AvgIpc) is 2.68. The van der Waals surface area contributed by atoms with E-state index in [1.165, 1.54) is 0 Å². The summed E-state index contributed by atoms with van der Waals surface area (Å²) in [6, 6.07) is 16.8. The summed E-state index contributed by atoms with van der Waals surface area (Å²) in [4.78, 5) is 11.4. The van der Waals surface area contributed by atoms with Gasteiger partial charge in [0.05, 0.1) is 25.6 Å². The van der Waals surface area contributed by atoms with E-state index < -0.39 is 0 Å². The van der Waals surface area contributed by atoms with Gasteiger partial charge in [-0.25, -0.2) is 9.97 Å². The molecule has 7 heteroatoms. The summed E-state index contributed by atoms with van der Waals surface area (Å²) in [7, 11) is 3.22. The smallest absolute Gasteiger partial charge is 0.217 e. The van der Waals surface area contributed by atoms with Crippen molar-refractivity contribution in [3.05, 3.63) is 65.0 Å². The van der Waals surface area contributed by atoms with Gasteiger partial charge in [0.15, 0.2) is 0 Å². The highest BCUT2D eigenvalue weighted by Crippen LogP contribution is 2.28. The Morgan fingerprint density at radius 2 is 1.24 bits per heavy atom. The molecule has 124 valence electrons. The predicted octanol–water partition coefficient (Wildman–Crippen LogP) is 4.77. The van der Waals surface area contributed by atoms with Crippen LogP contribution in [0.4, 0.5) is 5.95 Å². The zero-order chi connectivity index (χ0) is 17.6. The van der Waals surface area contributed by atoms with Gasteiger partial charge in [-0.15, -0.1) is 0 Å². The molecule has 0 N–H and O–H groups in total. The molecule has 0 fully saturated rings. The molecule has 0 unspecified atom stereocenters. The van der Waals surface area contributed by atoms with E-state index in [0.29, 0.717) is 11.4 Å². The third-order valence-corrected chi connectivity index (χ3v) is 3.62. The number of rotatable bonds is 5. The topological polar surface area (TPSA) is 93.0 Å². The lowest BCUT2D eigenvalue weighted by atomic mass is 10.1. The number of methoxy groups -OCH3 is 2. The molecular formula is C18H15N5O2. The summed E-state index contributed by atoms with van der Waals surface area (Å²) in [5, 5.41) is 3.56. The standard InChI is InChI=1S/C18H15N5O2/c1-24-14-7-3-12(4-8-14)16-11-17(21-18(20-16)22-23-19)13-5-9-15(25-2)10-6-13/h3-11H,1-2H3. The fourth-order valence-electron chi connectivity index (χ4n) is 2.34. The van der Waals surface area contributed by atoms with Gasteiger partial charge in [-0.3, -0.25) is 0 Å². The Hall–Kier alpha value is -3.57. The molecule has 1 heterocycles. The molecule has 25 heavy (non-hydrogen) atoms. The van der Waals surface area contributed by atoms with Crippen LogP contribution < -0.4 is 9.47 Å². The maximum atomic E-state index is 8.72. The van der Waals surface area contributed by atoms with Crippen LogP contribution >= 0.6 is 0 Å². The van der Waals surface area contributed by atoms with Crippen molar-refractivity contribution in [3.8, 4) is 34.0 Å². The van der Waals surface area contributed by atoms with Gasteiger partial charge in [0, 0.05) is 16.0 Å². The highest BCUT2D eigenvalue weighted by Gasteiger charge is 2.08. The van der Waals surface area contributed by atoms with Crippen molar-refractivity contribution in [2.75, 3.05) is 14.2 Å². The van der Waals surface area contributed by atoms with Crippen LogP contribution in [-0.4, -0.2) is 24.2 Å². The van der Waals surface area contributed by atoms with Gasteiger partial charge in [0.25, 0.3) is 0 Å². The SMILES string of the molecule is COc1ccc(-c2cc(-c3ccc(OC)cc3)nc(N=[N+]=[N-])n2)cc1. The lowest BCUT2D eigenvalue weighted by molar-refractivity contribution is 0.415. The van der Waals surface area contributed by atoms with Crippen LogP contribution in [0.3, 0.4) is 0 Å². The van der Waals surface area contributed by atoms with Gasteiger partial charge >= 0.3 is 0 Å². The molecule has 0 aliphatic heterocycles. The summed E-state index contributed by atoms with van der Waals surface area (Å²) in [5.74, 6) is 1.58. The first-order chi connectivity index (χ1) is 12.2. The molecule has 0 aliphatic carbocycles. The van der Waals surface area contributed by atoms with Gasteiger partial charge in [-0.1, -0.05) is 0 Å². The molecule has 1 aromatic heterocycles. The summed E-state index contributed by atoms with van der Waals surface area (Å²) in [5.41, 5.74) is 11.8. The molecule has 0 atom stereocenters. The van der Waals surface area contributed by atoms with Crippen molar-refractivity contribution in [1.29, 1.82) is 0 Å². The second-order valence-corrected chi connectivity index (χ2v) is 5.08. The third kappa shape index (κ3) is 3.68. The van der Waals surface area contributed by atoms with Crippen LogP contribution in [0.25, 0.3) is 33.0 Å². The second kappa shape index (κ2) is 7.33. The van der Waals surface area contributed by atoms with Crippen LogP contribution in [0.5, 0.6) is 11.5 Å². The normalized spacial score (nSPS) is 10.0. The van der Waals surface area contributed by atoms with E-state index in [1.54, 1.807) is 14.2 Å². The minimum Gasteiger partial charge on any atom is -0.497 e. The van der Waals surface area contributed by atoms with E-state index in [4.69, 9.17) is 15.0 Å². The van der Waals surface area contributed by atoms with Crippen molar-refractivity contribution in [3.63, 3.8) is 0 Å². The first kappa shape index (κ1) is 16.3.